The lowest BCUT2D eigenvalue weighted by Gasteiger charge is -2.00. The molecule has 0 aliphatic rings. The third-order valence-corrected chi connectivity index (χ3v) is 1.61. The van der Waals surface area contributed by atoms with Crippen molar-refractivity contribution in [3.63, 3.8) is 0 Å². The second-order valence-corrected chi connectivity index (χ2v) is 2.57. The summed E-state index contributed by atoms with van der Waals surface area (Å²) in [4.78, 5) is 10.5. The van der Waals surface area contributed by atoms with Crippen molar-refractivity contribution in [2.45, 2.75) is 0 Å². The van der Waals surface area contributed by atoms with Crippen LogP contribution in [0.4, 0.5) is 4.39 Å². The van der Waals surface area contributed by atoms with Crippen molar-refractivity contribution in [3.05, 3.63) is 42.0 Å². The van der Waals surface area contributed by atoms with Crippen molar-refractivity contribution < 1.29 is 9.18 Å². The maximum absolute atomic E-state index is 12.4. The summed E-state index contributed by atoms with van der Waals surface area (Å²) in [6.45, 7) is -0.688. The molecule has 0 heterocycles. The van der Waals surface area contributed by atoms with Crippen molar-refractivity contribution in [2.24, 2.45) is 5.73 Å². The van der Waals surface area contributed by atoms with Gasteiger partial charge in [-0.1, -0.05) is 30.3 Å². The van der Waals surface area contributed by atoms with Crippen LogP contribution in [-0.2, 0) is 4.79 Å². The van der Waals surface area contributed by atoms with E-state index in [2.05, 4.69) is 0 Å². The van der Waals surface area contributed by atoms with Gasteiger partial charge in [-0.3, -0.25) is 4.79 Å². The van der Waals surface area contributed by atoms with E-state index in [1.54, 1.807) is 24.3 Å². The number of halogens is 1. The number of hydrogen-bond acceptors (Lipinski definition) is 1. The van der Waals surface area contributed by atoms with Crippen molar-refractivity contribution in [1.29, 1.82) is 0 Å². The molecule has 0 saturated heterocycles. The molecule has 0 spiro atoms. The quantitative estimate of drug-likeness (QED) is 0.702. The van der Waals surface area contributed by atoms with E-state index < -0.39 is 12.6 Å². The normalized spacial score (nSPS) is 11.3. The zero-order valence-corrected chi connectivity index (χ0v) is 7.03. The van der Waals surface area contributed by atoms with Crippen LogP contribution in [0.2, 0.25) is 0 Å². The summed E-state index contributed by atoms with van der Waals surface area (Å²) in [6, 6.07) is 8.84. The lowest BCUT2D eigenvalue weighted by Crippen LogP contribution is -2.07. The SMILES string of the molecule is NC(=O)C=C(CF)c1ccccc1. The van der Waals surface area contributed by atoms with E-state index in [0.29, 0.717) is 11.1 Å². The Labute approximate surface area is 75.9 Å². The van der Waals surface area contributed by atoms with Crippen LogP contribution < -0.4 is 5.73 Å². The number of carbonyl (C=O) groups excluding carboxylic acids is 1. The summed E-state index contributed by atoms with van der Waals surface area (Å²) in [5.74, 6) is -0.628. The zero-order valence-electron chi connectivity index (χ0n) is 7.03. The Balaban J connectivity index is 2.98. The molecule has 0 atom stereocenters. The summed E-state index contributed by atoms with van der Waals surface area (Å²) in [5, 5.41) is 0. The molecule has 0 radical (unpaired) electrons. The number of hydrogen-bond donors (Lipinski definition) is 1. The van der Waals surface area contributed by atoms with E-state index >= 15 is 0 Å². The molecule has 0 saturated carbocycles. The molecular weight excluding hydrogens is 169 g/mol. The molecular formula is C10H10FNO. The first-order chi connectivity index (χ1) is 6.24. The number of allylic oxidation sites excluding steroid dienone is 1. The monoisotopic (exact) mass is 179 g/mol. The molecule has 68 valence electrons. The highest BCUT2D eigenvalue weighted by atomic mass is 19.1. The number of benzene rings is 1. The van der Waals surface area contributed by atoms with Gasteiger partial charge in [-0.25, -0.2) is 4.39 Å². The molecule has 1 aromatic carbocycles. The average Bonchev–Trinajstić information content (AvgIpc) is 2.15. The number of nitrogens with two attached hydrogens (primary N) is 1. The highest BCUT2D eigenvalue weighted by Crippen LogP contribution is 2.13. The molecule has 0 aliphatic heterocycles. The van der Waals surface area contributed by atoms with Crippen LogP contribution in [0.25, 0.3) is 5.57 Å². The van der Waals surface area contributed by atoms with Crippen LogP contribution in [0.3, 0.4) is 0 Å². The minimum Gasteiger partial charge on any atom is -0.366 e. The van der Waals surface area contributed by atoms with Gasteiger partial charge < -0.3 is 5.73 Å². The van der Waals surface area contributed by atoms with Crippen molar-refractivity contribution in [2.75, 3.05) is 6.67 Å². The zero-order chi connectivity index (χ0) is 9.68. The van der Waals surface area contributed by atoms with E-state index in [1.807, 2.05) is 6.07 Å². The molecule has 0 aliphatic carbocycles. The van der Waals surface area contributed by atoms with Gasteiger partial charge in [0.2, 0.25) is 5.91 Å². The Kier molecular flexibility index (Phi) is 3.20. The van der Waals surface area contributed by atoms with Gasteiger partial charge in [0.15, 0.2) is 0 Å². The van der Waals surface area contributed by atoms with Gasteiger partial charge in [-0.2, -0.15) is 0 Å². The largest absolute Gasteiger partial charge is 0.366 e. The molecule has 2 N–H and O–H groups in total. The highest BCUT2D eigenvalue weighted by Gasteiger charge is 2.01. The maximum Gasteiger partial charge on any atom is 0.241 e. The molecule has 0 fully saturated rings. The second-order valence-electron chi connectivity index (χ2n) is 2.57. The molecule has 0 unspecified atom stereocenters. The van der Waals surface area contributed by atoms with Crippen LogP contribution in [0.15, 0.2) is 36.4 Å². The summed E-state index contributed by atoms with van der Waals surface area (Å²) >= 11 is 0. The minimum atomic E-state index is -0.688. The topological polar surface area (TPSA) is 43.1 Å². The Morgan fingerprint density at radius 2 is 2.00 bits per heavy atom. The first-order valence-corrected chi connectivity index (χ1v) is 3.85. The van der Waals surface area contributed by atoms with Crippen molar-refractivity contribution >= 4 is 11.5 Å². The van der Waals surface area contributed by atoms with Gasteiger partial charge >= 0.3 is 0 Å². The Morgan fingerprint density at radius 1 is 1.38 bits per heavy atom. The number of primary amides is 1. The van der Waals surface area contributed by atoms with Gasteiger partial charge in [0.25, 0.3) is 0 Å². The summed E-state index contributed by atoms with van der Waals surface area (Å²) in [6.07, 6.45) is 1.11. The van der Waals surface area contributed by atoms with Crippen LogP contribution in [0.1, 0.15) is 5.56 Å². The van der Waals surface area contributed by atoms with Crippen LogP contribution in [-0.4, -0.2) is 12.6 Å². The van der Waals surface area contributed by atoms with Gasteiger partial charge in [-0.15, -0.1) is 0 Å². The number of alkyl halides is 1. The van der Waals surface area contributed by atoms with Gasteiger partial charge in [0.05, 0.1) is 0 Å². The lowest BCUT2D eigenvalue weighted by molar-refractivity contribution is -0.113. The fraction of sp³-hybridized carbons (Fsp3) is 0.100. The van der Waals surface area contributed by atoms with Gasteiger partial charge in [0.1, 0.15) is 6.67 Å². The van der Waals surface area contributed by atoms with E-state index in [-0.39, 0.29) is 0 Å². The van der Waals surface area contributed by atoms with E-state index in [9.17, 15) is 9.18 Å². The van der Waals surface area contributed by atoms with Gasteiger partial charge in [-0.05, 0) is 11.1 Å². The molecule has 0 bridgehead atoms. The van der Waals surface area contributed by atoms with Crippen LogP contribution in [0.5, 0.6) is 0 Å². The first-order valence-electron chi connectivity index (χ1n) is 3.85. The third-order valence-electron chi connectivity index (χ3n) is 1.61. The maximum atomic E-state index is 12.4. The van der Waals surface area contributed by atoms with E-state index in [4.69, 9.17) is 5.73 Å². The third kappa shape index (κ3) is 2.71. The first kappa shape index (κ1) is 9.45. The predicted octanol–water partition coefficient (Wildman–Crippen LogP) is 1.52. The van der Waals surface area contributed by atoms with Crippen molar-refractivity contribution in [1.82, 2.24) is 0 Å². The fourth-order valence-corrected chi connectivity index (χ4v) is 1.02. The summed E-state index contributed by atoms with van der Waals surface area (Å²) in [5.41, 5.74) is 5.92. The fourth-order valence-electron chi connectivity index (χ4n) is 1.02. The number of rotatable bonds is 3. The molecule has 13 heavy (non-hydrogen) atoms. The molecule has 0 aromatic heterocycles. The van der Waals surface area contributed by atoms with Gasteiger partial charge in [0, 0.05) is 6.08 Å². The molecule has 1 rings (SSSR count). The Morgan fingerprint density at radius 3 is 2.46 bits per heavy atom. The number of carbonyl (C=O) groups is 1. The van der Waals surface area contributed by atoms with Crippen LogP contribution >= 0.6 is 0 Å². The standard InChI is InChI=1S/C10H10FNO/c11-7-9(6-10(12)13)8-4-2-1-3-5-8/h1-6H,7H2,(H2,12,13). The molecule has 2 nitrogen and oxygen atoms in total. The number of amides is 1. The van der Waals surface area contributed by atoms with Crippen molar-refractivity contribution in [3.8, 4) is 0 Å². The van der Waals surface area contributed by atoms with E-state index in [0.717, 1.165) is 6.08 Å². The predicted molar refractivity (Wildman–Crippen MR) is 49.6 cm³/mol. The van der Waals surface area contributed by atoms with E-state index in [1.165, 1.54) is 0 Å². The molecule has 1 aromatic rings. The second kappa shape index (κ2) is 4.40. The Bertz CT molecular complexity index is 319. The highest BCUT2D eigenvalue weighted by molar-refractivity contribution is 5.94. The van der Waals surface area contributed by atoms with Crippen LogP contribution in [0, 0.1) is 0 Å². The summed E-state index contributed by atoms with van der Waals surface area (Å²) in [7, 11) is 0. The summed E-state index contributed by atoms with van der Waals surface area (Å²) < 4.78 is 12.4. The average molecular weight is 179 g/mol. The lowest BCUT2D eigenvalue weighted by atomic mass is 10.1. The minimum absolute atomic E-state index is 0.313. The smallest absolute Gasteiger partial charge is 0.241 e. The molecule has 3 heteroatoms. The Hall–Kier alpha value is -1.64. The molecule has 1 amide bonds.